The predicted octanol–water partition coefficient (Wildman–Crippen LogP) is 3.89. The van der Waals surface area contributed by atoms with Crippen LogP contribution in [0, 0.1) is 63.1 Å². The van der Waals surface area contributed by atoms with Gasteiger partial charge in [0.1, 0.15) is 6.10 Å². The average molecular weight is 360 g/mol. The van der Waals surface area contributed by atoms with Gasteiger partial charge in [0, 0.05) is 6.42 Å². The molecule has 4 atom stereocenters. The van der Waals surface area contributed by atoms with Crippen LogP contribution in [0.1, 0.15) is 49.3 Å². The first kappa shape index (κ1) is 17.5. The summed E-state index contributed by atoms with van der Waals surface area (Å²) in [4.78, 5) is 0. The minimum absolute atomic E-state index is 0.297. The van der Waals surface area contributed by atoms with Crippen LogP contribution in [-0.4, -0.2) is 11.7 Å². The molecule has 27 heavy (non-hydrogen) atoms. The highest BCUT2D eigenvalue weighted by Gasteiger charge is 2.80. The van der Waals surface area contributed by atoms with Crippen LogP contribution in [0.5, 0.6) is 0 Å². The minimum Gasteiger partial charge on any atom is -0.447 e. The minimum atomic E-state index is -1.84. The molecular formula is C21H20N4O2. The van der Waals surface area contributed by atoms with Crippen LogP contribution < -0.4 is 0 Å². The standard InChI is InChI=1S/C21H20N4O2/c1-14-6-8-15(9-7-14)17-19(11-22,12-23)20(13-24)16-5-3-2-4-10-21(16,26-17)27-18(20)25/h6-9,16-17,25H,2-5,10H2,1H3/t16-,17+,20-,21+/m0/s1. The monoisotopic (exact) mass is 360 g/mol. The second-order valence-corrected chi connectivity index (χ2v) is 7.75. The fourth-order valence-corrected chi connectivity index (χ4v) is 5.08. The first-order valence-electron chi connectivity index (χ1n) is 9.26. The second-order valence-electron chi connectivity index (χ2n) is 7.75. The van der Waals surface area contributed by atoms with Crippen molar-refractivity contribution in [2.24, 2.45) is 16.7 Å². The first-order valence-corrected chi connectivity index (χ1v) is 9.26. The highest BCUT2D eigenvalue weighted by molar-refractivity contribution is 5.89. The fourth-order valence-electron chi connectivity index (χ4n) is 5.08. The van der Waals surface area contributed by atoms with Gasteiger partial charge >= 0.3 is 0 Å². The number of rotatable bonds is 1. The normalized spacial score (nSPS) is 36.3. The van der Waals surface area contributed by atoms with Crippen molar-refractivity contribution >= 4 is 5.90 Å². The molecule has 2 bridgehead atoms. The highest BCUT2D eigenvalue weighted by atomic mass is 16.7. The summed E-state index contributed by atoms with van der Waals surface area (Å²) >= 11 is 0. The summed E-state index contributed by atoms with van der Waals surface area (Å²) in [5.74, 6) is -1.91. The number of nitriles is 3. The van der Waals surface area contributed by atoms with E-state index in [2.05, 4.69) is 18.2 Å². The molecule has 0 unspecified atom stereocenters. The Morgan fingerprint density at radius 1 is 1.04 bits per heavy atom. The lowest BCUT2D eigenvalue weighted by atomic mass is 9.52. The van der Waals surface area contributed by atoms with Crippen LogP contribution >= 0.6 is 0 Å². The Kier molecular flexibility index (Phi) is 3.77. The van der Waals surface area contributed by atoms with Crippen LogP contribution in [0.25, 0.3) is 0 Å². The van der Waals surface area contributed by atoms with Crippen LogP contribution in [0.2, 0.25) is 0 Å². The van der Waals surface area contributed by atoms with Gasteiger partial charge in [0.05, 0.1) is 24.1 Å². The molecule has 136 valence electrons. The smallest absolute Gasteiger partial charge is 0.217 e. The van der Waals surface area contributed by atoms with Crippen molar-refractivity contribution in [3.8, 4) is 18.2 Å². The molecule has 2 aliphatic heterocycles. The largest absolute Gasteiger partial charge is 0.447 e. The molecule has 1 saturated carbocycles. The molecule has 1 aromatic carbocycles. The number of aryl methyl sites for hydroxylation is 1. The SMILES string of the molecule is Cc1ccc([C@H]2O[C@@]34CCCCC[C@H]3[C@@](C#N)(C(=N)O4)C2(C#N)C#N)cc1. The third-order valence-corrected chi connectivity index (χ3v) is 6.45. The molecule has 1 aliphatic carbocycles. The van der Waals surface area contributed by atoms with E-state index in [1.165, 1.54) is 0 Å². The molecule has 2 heterocycles. The topological polar surface area (TPSA) is 114 Å². The summed E-state index contributed by atoms with van der Waals surface area (Å²) in [5.41, 5.74) is -1.78. The van der Waals surface area contributed by atoms with E-state index in [-0.39, 0.29) is 5.90 Å². The van der Waals surface area contributed by atoms with Crippen LogP contribution in [0.15, 0.2) is 24.3 Å². The van der Waals surface area contributed by atoms with E-state index in [9.17, 15) is 15.8 Å². The van der Waals surface area contributed by atoms with Gasteiger partial charge in [0.25, 0.3) is 0 Å². The van der Waals surface area contributed by atoms with Crippen molar-refractivity contribution < 1.29 is 9.47 Å². The summed E-state index contributed by atoms with van der Waals surface area (Å²) < 4.78 is 12.3. The van der Waals surface area contributed by atoms with E-state index in [0.29, 0.717) is 18.4 Å². The molecular weight excluding hydrogens is 340 g/mol. The van der Waals surface area contributed by atoms with Gasteiger partial charge in [-0.25, -0.2) is 0 Å². The zero-order valence-corrected chi connectivity index (χ0v) is 15.2. The van der Waals surface area contributed by atoms with Gasteiger partial charge < -0.3 is 9.47 Å². The lowest BCUT2D eigenvalue weighted by molar-refractivity contribution is -0.284. The second kappa shape index (κ2) is 5.81. The van der Waals surface area contributed by atoms with Crippen molar-refractivity contribution in [1.29, 1.82) is 21.2 Å². The van der Waals surface area contributed by atoms with Crippen LogP contribution in [-0.2, 0) is 9.47 Å². The Labute approximate surface area is 158 Å². The summed E-state index contributed by atoms with van der Waals surface area (Å²) in [6.45, 7) is 1.95. The third kappa shape index (κ3) is 1.98. The number of ether oxygens (including phenoxy) is 2. The van der Waals surface area contributed by atoms with Crippen molar-refractivity contribution in [3.05, 3.63) is 35.4 Å². The molecule has 0 radical (unpaired) electrons. The van der Waals surface area contributed by atoms with Crippen molar-refractivity contribution in [2.45, 2.75) is 50.9 Å². The van der Waals surface area contributed by atoms with Crippen molar-refractivity contribution in [1.82, 2.24) is 0 Å². The zero-order valence-electron chi connectivity index (χ0n) is 15.2. The summed E-state index contributed by atoms with van der Waals surface area (Å²) in [5, 5.41) is 39.1. The molecule has 6 nitrogen and oxygen atoms in total. The van der Waals surface area contributed by atoms with Gasteiger partial charge in [0.2, 0.25) is 17.1 Å². The molecule has 3 fully saturated rings. The van der Waals surface area contributed by atoms with Gasteiger partial charge in [-0.05, 0) is 25.3 Å². The molecule has 0 aromatic heterocycles. The third-order valence-electron chi connectivity index (χ3n) is 6.45. The quantitative estimate of drug-likeness (QED) is 0.816. The van der Waals surface area contributed by atoms with E-state index in [1.54, 1.807) is 0 Å². The maximum Gasteiger partial charge on any atom is 0.217 e. The zero-order chi connectivity index (χ0) is 19.3. The summed E-state index contributed by atoms with van der Waals surface area (Å²) in [6.07, 6.45) is 2.89. The van der Waals surface area contributed by atoms with E-state index < -0.39 is 28.6 Å². The summed E-state index contributed by atoms with van der Waals surface area (Å²) in [7, 11) is 0. The molecule has 0 amide bonds. The van der Waals surface area contributed by atoms with Gasteiger partial charge in [0.15, 0.2) is 5.41 Å². The summed E-state index contributed by atoms with van der Waals surface area (Å²) in [6, 6.07) is 13.8. The highest BCUT2D eigenvalue weighted by Crippen LogP contribution is 2.68. The molecule has 1 aromatic rings. The van der Waals surface area contributed by atoms with Crippen molar-refractivity contribution in [3.63, 3.8) is 0 Å². The molecule has 2 saturated heterocycles. The molecule has 3 aliphatic rings. The Balaban J connectivity index is 1.99. The maximum absolute atomic E-state index is 10.2. The number of nitrogens with one attached hydrogen (secondary N) is 1. The maximum atomic E-state index is 10.2. The molecule has 0 spiro atoms. The number of hydrogen-bond donors (Lipinski definition) is 1. The van der Waals surface area contributed by atoms with Gasteiger partial charge in [-0.15, -0.1) is 0 Å². The Morgan fingerprint density at radius 2 is 1.74 bits per heavy atom. The fraction of sp³-hybridized carbons (Fsp3) is 0.524. The average Bonchev–Trinajstić information content (AvgIpc) is 2.81. The Hall–Kier alpha value is -2.88. The number of benzene rings is 1. The van der Waals surface area contributed by atoms with Gasteiger partial charge in [-0.2, -0.15) is 15.8 Å². The first-order chi connectivity index (χ1) is 13.0. The van der Waals surface area contributed by atoms with E-state index in [4.69, 9.17) is 14.9 Å². The van der Waals surface area contributed by atoms with E-state index >= 15 is 0 Å². The van der Waals surface area contributed by atoms with Crippen LogP contribution in [0.3, 0.4) is 0 Å². The van der Waals surface area contributed by atoms with Crippen LogP contribution in [0.4, 0.5) is 0 Å². The molecule has 4 rings (SSSR count). The van der Waals surface area contributed by atoms with E-state index in [0.717, 1.165) is 24.8 Å². The Bertz CT molecular complexity index is 905. The van der Waals surface area contributed by atoms with Gasteiger partial charge in [-0.1, -0.05) is 42.7 Å². The lowest BCUT2D eigenvalue weighted by Gasteiger charge is -2.49. The lowest BCUT2D eigenvalue weighted by Crippen LogP contribution is -2.59. The molecule has 1 N–H and O–H groups in total. The Morgan fingerprint density at radius 3 is 2.37 bits per heavy atom. The van der Waals surface area contributed by atoms with Crippen molar-refractivity contribution in [2.75, 3.05) is 0 Å². The molecule has 6 heteroatoms. The van der Waals surface area contributed by atoms with Gasteiger partial charge in [-0.3, -0.25) is 5.41 Å². The van der Waals surface area contributed by atoms with E-state index in [1.807, 2.05) is 31.2 Å². The number of nitrogens with zero attached hydrogens (tertiary/aromatic N) is 3. The predicted molar refractivity (Wildman–Crippen MR) is 94.8 cm³/mol. The number of hydrogen-bond acceptors (Lipinski definition) is 6.